The number of aliphatic hydroxyl groups excluding tert-OH is 1. The van der Waals surface area contributed by atoms with Crippen LogP contribution in [0.15, 0.2) is 103 Å². The molecule has 0 atom stereocenters. The van der Waals surface area contributed by atoms with E-state index >= 15 is 0 Å². The van der Waals surface area contributed by atoms with Crippen LogP contribution in [0.2, 0.25) is 0 Å². The lowest BCUT2D eigenvalue weighted by atomic mass is 9.83. The summed E-state index contributed by atoms with van der Waals surface area (Å²) in [6.07, 6.45) is 0. The van der Waals surface area contributed by atoms with E-state index in [1.54, 1.807) is 30.3 Å². The summed E-state index contributed by atoms with van der Waals surface area (Å²) < 4.78 is 0. The first kappa shape index (κ1) is 18.8. The average Bonchev–Trinajstić information content (AvgIpc) is 2.84. The van der Waals surface area contributed by atoms with Crippen molar-refractivity contribution in [3.8, 4) is 22.3 Å². The van der Waals surface area contributed by atoms with Crippen molar-refractivity contribution in [2.45, 2.75) is 0 Å². The Hall–Kier alpha value is -4.24. The van der Waals surface area contributed by atoms with Crippen molar-refractivity contribution < 1.29 is 14.7 Å². The summed E-state index contributed by atoms with van der Waals surface area (Å²) >= 11 is 0. The number of rotatable bonds is 3. The minimum Gasteiger partial charge on any atom is -0.506 e. The molecule has 0 amide bonds. The SMILES string of the molecule is O=C1C(=O)c2ccc(-c3ccccc3)cc2C(O)=C1c1ccc(-c2ccccc2)cc1. The molecule has 3 nitrogen and oxygen atoms in total. The first-order valence-corrected chi connectivity index (χ1v) is 10.0. The number of allylic oxidation sites excluding steroid dienone is 1. The summed E-state index contributed by atoms with van der Waals surface area (Å²) in [4.78, 5) is 25.6. The molecule has 0 aliphatic heterocycles. The summed E-state index contributed by atoms with van der Waals surface area (Å²) in [6, 6.07) is 32.1. The third kappa shape index (κ3) is 3.26. The highest BCUT2D eigenvalue weighted by Crippen LogP contribution is 2.36. The highest BCUT2D eigenvalue weighted by molar-refractivity contribution is 6.62. The van der Waals surface area contributed by atoms with Gasteiger partial charge in [0, 0.05) is 11.1 Å². The van der Waals surface area contributed by atoms with Gasteiger partial charge in [-0.1, -0.05) is 91.0 Å². The number of benzene rings is 4. The Bertz CT molecular complexity index is 1330. The fourth-order valence-corrected chi connectivity index (χ4v) is 3.95. The van der Waals surface area contributed by atoms with E-state index in [4.69, 9.17) is 0 Å². The lowest BCUT2D eigenvalue weighted by molar-refractivity contribution is -0.110. The Labute approximate surface area is 179 Å². The molecule has 4 aromatic carbocycles. The summed E-state index contributed by atoms with van der Waals surface area (Å²) in [7, 11) is 0. The zero-order chi connectivity index (χ0) is 21.4. The topological polar surface area (TPSA) is 54.4 Å². The van der Waals surface area contributed by atoms with Crippen LogP contribution in [0.3, 0.4) is 0 Å². The average molecular weight is 402 g/mol. The standard InChI is InChI=1S/C28H18O3/c29-26-24-17-22(19-9-5-2-6-10-19)15-16-23(24)27(30)28(31)25(26)21-13-11-20(12-14-21)18-7-3-1-4-8-18/h1-17,29H. The van der Waals surface area contributed by atoms with Crippen molar-refractivity contribution in [2.75, 3.05) is 0 Å². The lowest BCUT2D eigenvalue weighted by Gasteiger charge is -2.19. The maximum absolute atomic E-state index is 12.8. The van der Waals surface area contributed by atoms with Crippen LogP contribution < -0.4 is 0 Å². The van der Waals surface area contributed by atoms with Crippen LogP contribution in [0.4, 0.5) is 0 Å². The Morgan fingerprint density at radius 1 is 0.452 bits per heavy atom. The van der Waals surface area contributed by atoms with Crippen LogP contribution in [-0.2, 0) is 4.79 Å². The number of ketones is 2. The van der Waals surface area contributed by atoms with E-state index in [0.717, 1.165) is 22.3 Å². The molecule has 0 saturated heterocycles. The van der Waals surface area contributed by atoms with Crippen molar-refractivity contribution in [3.63, 3.8) is 0 Å². The van der Waals surface area contributed by atoms with Crippen LogP contribution in [0.5, 0.6) is 0 Å². The molecule has 148 valence electrons. The third-order valence-electron chi connectivity index (χ3n) is 5.58. The maximum atomic E-state index is 12.8. The Balaban J connectivity index is 1.61. The molecule has 4 aromatic rings. The second kappa shape index (κ2) is 7.54. The van der Waals surface area contributed by atoms with Crippen LogP contribution >= 0.6 is 0 Å². The molecule has 31 heavy (non-hydrogen) atoms. The predicted octanol–water partition coefficient (Wildman–Crippen LogP) is 6.21. The molecule has 3 heteroatoms. The number of hydrogen-bond donors (Lipinski definition) is 1. The number of hydrogen-bond acceptors (Lipinski definition) is 3. The van der Waals surface area contributed by atoms with Crippen molar-refractivity contribution in [1.29, 1.82) is 0 Å². The summed E-state index contributed by atoms with van der Waals surface area (Å²) in [5.74, 6) is -1.45. The molecule has 0 aromatic heterocycles. The van der Waals surface area contributed by atoms with Crippen molar-refractivity contribution in [1.82, 2.24) is 0 Å². The number of Topliss-reactive ketones (excluding diaryl/α,β-unsaturated/α-hetero) is 2. The van der Waals surface area contributed by atoms with Gasteiger partial charge in [-0.15, -0.1) is 0 Å². The second-order valence-corrected chi connectivity index (χ2v) is 7.45. The minimum absolute atomic E-state index is 0.0438. The Kier molecular flexibility index (Phi) is 4.57. The van der Waals surface area contributed by atoms with Crippen LogP contribution in [0.1, 0.15) is 21.5 Å². The number of fused-ring (bicyclic) bond motifs is 1. The van der Waals surface area contributed by atoms with Gasteiger partial charge in [0.05, 0.1) is 5.57 Å². The molecular formula is C28H18O3. The van der Waals surface area contributed by atoms with Crippen LogP contribution in [0.25, 0.3) is 33.6 Å². The fourth-order valence-electron chi connectivity index (χ4n) is 3.95. The van der Waals surface area contributed by atoms with Crippen LogP contribution in [0, 0.1) is 0 Å². The Morgan fingerprint density at radius 2 is 0.935 bits per heavy atom. The van der Waals surface area contributed by atoms with Crippen molar-refractivity contribution >= 4 is 22.9 Å². The molecule has 0 unspecified atom stereocenters. The van der Waals surface area contributed by atoms with Gasteiger partial charge in [0.2, 0.25) is 11.6 Å². The zero-order valence-corrected chi connectivity index (χ0v) is 16.6. The molecule has 0 bridgehead atoms. The molecule has 0 saturated carbocycles. The quantitative estimate of drug-likeness (QED) is 0.414. The molecule has 1 N–H and O–H groups in total. The second-order valence-electron chi connectivity index (χ2n) is 7.45. The number of carbonyl (C=O) groups excluding carboxylic acids is 2. The van der Waals surface area contributed by atoms with Crippen molar-refractivity contribution in [3.05, 3.63) is 120 Å². The highest BCUT2D eigenvalue weighted by Gasteiger charge is 2.33. The van der Waals surface area contributed by atoms with Gasteiger partial charge in [-0.3, -0.25) is 9.59 Å². The molecule has 0 spiro atoms. The van der Waals surface area contributed by atoms with Gasteiger partial charge < -0.3 is 5.11 Å². The third-order valence-corrected chi connectivity index (χ3v) is 5.58. The van der Waals surface area contributed by atoms with Gasteiger partial charge in [-0.25, -0.2) is 0 Å². The lowest BCUT2D eigenvalue weighted by Crippen LogP contribution is -2.23. The highest BCUT2D eigenvalue weighted by atomic mass is 16.3. The maximum Gasteiger partial charge on any atom is 0.237 e. The zero-order valence-electron chi connectivity index (χ0n) is 16.6. The normalized spacial score (nSPS) is 13.3. The molecule has 0 fully saturated rings. The number of aliphatic hydroxyl groups is 1. The molecule has 1 aliphatic carbocycles. The molecular weight excluding hydrogens is 384 g/mol. The summed E-state index contributed by atoms with van der Waals surface area (Å²) in [5, 5.41) is 11.0. The largest absolute Gasteiger partial charge is 0.506 e. The van der Waals surface area contributed by atoms with Gasteiger partial charge in [-0.05, 0) is 39.9 Å². The van der Waals surface area contributed by atoms with Gasteiger partial charge in [-0.2, -0.15) is 0 Å². The summed E-state index contributed by atoms with van der Waals surface area (Å²) in [6.45, 7) is 0. The minimum atomic E-state index is -0.690. The van der Waals surface area contributed by atoms with Gasteiger partial charge >= 0.3 is 0 Å². The smallest absolute Gasteiger partial charge is 0.237 e. The van der Waals surface area contributed by atoms with Crippen molar-refractivity contribution in [2.24, 2.45) is 0 Å². The van der Waals surface area contributed by atoms with E-state index in [9.17, 15) is 14.7 Å². The number of carbonyl (C=O) groups is 2. The first-order chi connectivity index (χ1) is 15.1. The van der Waals surface area contributed by atoms with E-state index < -0.39 is 11.6 Å². The molecule has 0 heterocycles. The van der Waals surface area contributed by atoms with E-state index in [-0.39, 0.29) is 16.9 Å². The van der Waals surface area contributed by atoms with Crippen LogP contribution in [-0.4, -0.2) is 16.7 Å². The Morgan fingerprint density at radius 3 is 1.55 bits per heavy atom. The molecule has 0 radical (unpaired) electrons. The van der Waals surface area contributed by atoms with E-state index in [0.29, 0.717) is 11.1 Å². The van der Waals surface area contributed by atoms with E-state index in [2.05, 4.69) is 0 Å². The van der Waals surface area contributed by atoms with E-state index in [1.807, 2.05) is 72.8 Å². The summed E-state index contributed by atoms with van der Waals surface area (Å²) in [5.41, 5.74) is 5.05. The first-order valence-electron chi connectivity index (χ1n) is 10.0. The van der Waals surface area contributed by atoms with Gasteiger partial charge in [0.1, 0.15) is 5.76 Å². The van der Waals surface area contributed by atoms with Gasteiger partial charge in [0.15, 0.2) is 0 Å². The molecule has 1 aliphatic rings. The predicted molar refractivity (Wildman–Crippen MR) is 123 cm³/mol. The van der Waals surface area contributed by atoms with E-state index in [1.165, 1.54) is 0 Å². The monoisotopic (exact) mass is 402 g/mol. The molecule has 5 rings (SSSR count). The van der Waals surface area contributed by atoms with Gasteiger partial charge in [0.25, 0.3) is 0 Å². The fraction of sp³-hybridized carbons (Fsp3) is 0.